The molecule has 0 amide bonds. The molecule has 0 spiro atoms. The van der Waals surface area contributed by atoms with Crippen LogP contribution in [0.5, 0.6) is 0 Å². The van der Waals surface area contributed by atoms with E-state index in [0.717, 1.165) is 32.1 Å². The fourth-order valence-corrected chi connectivity index (χ4v) is 6.32. The second kappa shape index (κ2) is 11.7. The predicted octanol–water partition coefficient (Wildman–Crippen LogP) is 5.24. The molecule has 0 aromatic heterocycles. The van der Waals surface area contributed by atoms with Crippen molar-refractivity contribution in [2.24, 2.45) is 5.92 Å². The molecule has 0 saturated heterocycles. The minimum absolute atomic E-state index is 0.0522. The van der Waals surface area contributed by atoms with E-state index in [0.29, 0.717) is 5.92 Å². The predicted molar refractivity (Wildman–Crippen MR) is 122 cm³/mol. The maximum atomic E-state index is 12.8. The Balaban J connectivity index is 2.29. The Bertz CT molecular complexity index is 697. The Morgan fingerprint density at radius 1 is 1.24 bits per heavy atom. The van der Waals surface area contributed by atoms with E-state index in [1.54, 1.807) is 0 Å². The summed E-state index contributed by atoms with van der Waals surface area (Å²) in [7, 11) is 1.48. The molecule has 0 fully saturated rings. The van der Waals surface area contributed by atoms with Crippen molar-refractivity contribution >= 4 is 25.4 Å². The second-order valence-corrected chi connectivity index (χ2v) is 10.2. The van der Waals surface area contributed by atoms with Gasteiger partial charge in [0.2, 0.25) is 0 Å². The quantitative estimate of drug-likeness (QED) is 0.256. The summed E-state index contributed by atoms with van der Waals surface area (Å²) in [5, 5.41) is 0. The molecule has 0 N–H and O–H groups in total. The fourth-order valence-electron chi connectivity index (χ4n) is 3.89. The van der Waals surface area contributed by atoms with Crippen molar-refractivity contribution in [3.8, 4) is 0 Å². The molecule has 1 heterocycles. The van der Waals surface area contributed by atoms with Crippen LogP contribution >= 0.6 is 0 Å². The summed E-state index contributed by atoms with van der Waals surface area (Å²) in [6.07, 6.45) is 11.6. The molecule has 160 valence electrons. The van der Waals surface area contributed by atoms with Gasteiger partial charge in [0.15, 0.2) is 0 Å². The van der Waals surface area contributed by atoms with E-state index >= 15 is 0 Å². The molecule has 1 aromatic rings. The van der Waals surface area contributed by atoms with Gasteiger partial charge in [-0.2, -0.15) is 0 Å². The third-order valence-electron chi connectivity index (χ3n) is 5.67. The van der Waals surface area contributed by atoms with Crippen LogP contribution in [-0.4, -0.2) is 39.7 Å². The Morgan fingerprint density at radius 3 is 2.52 bits per heavy atom. The standard InChI is InChI=1S/C25H36O3Se/c1-6-10-14-19(7-2)17-25(9-4)18-20(8-3)22(28-25)23(24(26)27-5)29-21-15-12-11-13-16-21/h10-16,18-19,22-23H,6-9,17H2,1-5H3/b14-10+/t19-,22?,23?,25+/m0/s1. The first-order chi connectivity index (χ1) is 14.0. The van der Waals surface area contributed by atoms with Gasteiger partial charge >= 0.3 is 183 Å². The summed E-state index contributed by atoms with van der Waals surface area (Å²) in [4.78, 5) is 12.5. The van der Waals surface area contributed by atoms with Gasteiger partial charge in [-0.15, -0.1) is 0 Å². The Morgan fingerprint density at radius 2 is 1.97 bits per heavy atom. The number of allylic oxidation sites excluding steroid dienone is 2. The minimum atomic E-state index is -0.298. The van der Waals surface area contributed by atoms with E-state index in [-0.39, 0.29) is 37.4 Å². The topological polar surface area (TPSA) is 35.5 Å². The fraction of sp³-hybridized carbons (Fsp3) is 0.560. The van der Waals surface area contributed by atoms with Gasteiger partial charge in [0.25, 0.3) is 0 Å². The van der Waals surface area contributed by atoms with Gasteiger partial charge in [-0.3, -0.25) is 0 Å². The molecule has 2 rings (SSSR count). The van der Waals surface area contributed by atoms with E-state index in [1.807, 2.05) is 18.2 Å². The summed E-state index contributed by atoms with van der Waals surface area (Å²) < 4.78 is 13.2. The molecule has 0 bridgehead atoms. The maximum absolute atomic E-state index is 12.8. The number of carbonyl (C=O) groups is 1. The number of methoxy groups -OCH3 is 1. The van der Waals surface area contributed by atoms with E-state index in [1.165, 1.54) is 17.1 Å². The molecular weight excluding hydrogens is 427 g/mol. The van der Waals surface area contributed by atoms with Gasteiger partial charge in [0, 0.05) is 0 Å². The molecule has 4 heteroatoms. The number of rotatable bonds is 11. The van der Waals surface area contributed by atoms with Gasteiger partial charge in [0.1, 0.15) is 0 Å². The molecule has 4 atom stereocenters. The van der Waals surface area contributed by atoms with Crippen molar-refractivity contribution in [3.63, 3.8) is 0 Å². The molecule has 1 aliphatic rings. The van der Waals surface area contributed by atoms with Crippen LogP contribution in [0, 0.1) is 5.92 Å². The molecular formula is C25H36O3Se. The van der Waals surface area contributed by atoms with Gasteiger partial charge in [-0.1, -0.05) is 0 Å². The van der Waals surface area contributed by atoms with Gasteiger partial charge < -0.3 is 0 Å². The van der Waals surface area contributed by atoms with Crippen molar-refractivity contribution in [2.75, 3.05) is 7.11 Å². The molecule has 3 nitrogen and oxygen atoms in total. The molecule has 29 heavy (non-hydrogen) atoms. The molecule has 2 unspecified atom stereocenters. The molecule has 0 radical (unpaired) electrons. The summed E-state index contributed by atoms with van der Waals surface area (Å²) in [5.41, 5.74) is 0.947. The van der Waals surface area contributed by atoms with E-state index in [2.05, 4.69) is 58.1 Å². The van der Waals surface area contributed by atoms with Crippen molar-refractivity contribution in [1.82, 2.24) is 0 Å². The first kappa shape index (κ1) is 23.9. The number of carbonyl (C=O) groups excluding carboxylic acids is 1. The molecule has 0 aliphatic carbocycles. The Hall–Kier alpha value is -1.35. The third kappa shape index (κ3) is 6.31. The second-order valence-electron chi connectivity index (χ2n) is 7.61. The van der Waals surface area contributed by atoms with E-state index < -0.39 is 0 Å². The van der Waals surface area contributed by atoms with Crippen LogP contribution in [0.25, 0.3) is 0 Å². The van der Waals surface area contributed by atoms with Crippen molar-refractivity contribution in [1.29, 1.82) is 0 Å². The number of benzene rings is 1. The first-order valence-corrected chi connectivity index (χ1v) is 12.7. The zero-order chi connectivity index (χ0) is 21.3. The van der Waals surface area contributed by atoms with Gasteiger partial charge in [0.05, 0.1) is 0 Å². The molecule has 1 aromatic carbocycles. The van der Waals surface area contributed by atoms with Gasteiger partial charge in [-0.25, -0.2) is 0 Å². The summed E-state index contributed by atoms with van der Waals surface area (Å²) in [6.45, 7) is 8.76. The molecule has 0 saturated carbocycles. The Labute approximate surface area is 183 Å². The monoisotopic (exact) mass is 464 g/mol. The van der Waals surface area contributed by atoms with Crippen LogP contribution in [0.15, 0.2) is 54.1 Å². The van der Waals surface area contributed by atoms with Gasteiger partial charge in [-0.05, 0) is 0 Å². The van der Waals surface area contributed by atoms with Crippen LogP contribution in [-0.2, 0) is 14.3 Å². The summed E-state index contributed by atoms with van der Waals surface area (Å²) >= 11 is -0.0522. The van der Waals surface area contributed by atoms with E-state index in [4.69, 9.17) is 9.47 Å². The third-order valence-corrected chi connectivity index (χ3v) is 8.27. The van der Waals surface area contributed by atoms with Crippen LogP contribution in [0.1, 0.15) is 59.8 Å². The number of esters is 1. The zero-order valence-electron chi connectivity index (χ0n) is 18.5. The normalized spacial score (nSPS) is 23.8. The number of ether oxygens (including phenoxy) is 2. The van der Waals surface area contributed by atoms with Crippen LogP contribution in [0.4, 0.5) is 0 Å². The van der Waals surface area contributed by atoms with E-state index in [9.17, 15) is 4.79 Å². The first-order valence-electron chi connectivity index (χ1n) is 10.9. The Kier molecular flexibility index (Phi) is 9.68. The van der Waals surface area contributed by atoms with Crippen LogP contribution in [0.3, 0.4) is 0 Å². The van der Waals surface area contributed by atoms with Crippen molar-refractivity contribution in [2.45, 2.75) is 76.3 Å². The van der Waals surface area contributed by atoms with Crippen LogP contribution in [0.2, 0.25) is 4.82 Å². The molecule has 1 aliphatic heterocycles. The van der Waals surface area contributed by atoms with Crippen LogP contribution < -0.4 is 4.46 Å². The zero-order valence-corrected chi connectivity index (χ0v) is 20.2. The SMILES string of the molecule is CC/C=C/[C@H](CC)C[C@]1(CC)C=C(CC)C(C([Se]c2ccccc2)C(=O)OC)O1. The number of hydrogen-bond acceptors (Lipinski definition) is 3. The van der Waals surface area contributed by atoms with Crippen molar-refractivity contribution in [3.05, 3.63) is 54.1 Å². The average molecular weight is 464 g/mol. The summed E-state index contributed by atoms with van der Waals surface area (Å²) in [5.74, 6) is 0.322. The average Bonchev–Trinajstić information content (AvgIpc) is 3.14. The van der Waals surface area contributed by atoms with Crippen molar-refractivity contribution < 1.29 is 14.3 Å². The number of hydrogen-bond donors (Lipinski definition) is 0. The summed E-state index contributed by atoms with van der Waals surface area (Å²) in [6, 6.07) is 10.2.